The van der Waals surface area contributed by atoms with Crippen LogP contribution in [0.2, 0.25) is 0 Å². The van der Waals surface area contributed by atoms with Crippen molar-refractivity contribution < 1.29 is 23.9 Å². The SMILES string of the molecule is CCc1ccccc1NC(=O)COC(=O)c1ccc2c(c1)C(=O)N(CCc1ccccc1)C2=O. The number of hydrogen-bond donors (Lipinski definition) is 1. The molecule has 0 fully saturated rings. The molecule has 0 unspecified atom stereocenters. The zero-order chi connectivity index (χ0) is 24.1. The number of carbonyl (C=O) groups excluding carboxylic acids is 4. The summed E-state index contributed by atoms with van der Waals surface area (Å²) < 4.78 is 5.13. The van der Waals surface area contributed by atoms with Gasteiger partial charge in [-0.2, -0.15) is 0 Å². The van der Waals surface area contributed by atoms with E-state index in [0.717, 1.165) is 17.5 Å². The van der Waals surface area contributed by atoms with Gasteiger partial charge in [0, 0.05) is 12.2 Å². The molecule has 1 aliphatic rings. The number of imide groups is 1. The molecule has 3 amide bonds. The van der Waals surface area contributed by atoms with Gasteiger partial charge in [0.1, 0.15) is 0 Å². The van der Waals surface area contributed by atoms with Gasteiger partial charge in [-0.1, -0.05) is 55.5 Å². The number of benzene rings is 3. The number of anilines is 1. The molecule has 34 heavy (non-hydrogen) atoms. The van der Waals surface area contributed by atoms with Crippen LogP contribution >= 0.6 is 0 Å². The van der Waals surface area contributed by atoms with Gasteiger partial charge in [-0.15, -0.1) is 0 Å². The minimum atomic E-state index is -0.746. The predicted octanol–water partition coefficient (Wildman–Crippen LogP) is 3.88. The Morgan fingerprint density at radius 2 is 1.59 bits per heavy atom. The molecule has 0 saturated carbocycles. The summed E-state index contributed by atoms with van der Waals surface area (Å²) in [5, 5.41) is 2.73. The number of hydrogen-bond acceptors (Lipinski definition) is 5. The van der Waals surface area contributed by atoms with E-state index in [1.807, 2.05) is 55.5 Å². The third-order valence-corrected chi connectivity index (χ3v) is 5.68. The molecular formula is C27H24N2O5. The molecule has 0 aromatic heterocycles. The largest absolute Gasteiger partial charge is 0.452 e. The molecule has 1 aliphatic heterocycles. The van der Waals surface area contributed by atoms with Gasteiger partial charge in [0.15, 0.2) is 6.61 Å². The minimum Gasteiger partial charge on any atom is -0.452 e. The van der Waals surface area contributed by atoms with E-state index in [0.29, 0.717) is 12.1 Å². The highest BCUT2D eigenvalue weighted by Gasteiger charge is 2.35. The molecule has 0 atom stereocenters. The number of esters is 1. The average Bonchev–Trinajstić information content (AvgIpc) is 3.11. The zero-order valence-corrected chi connectivity index (χ0v) is 18.7. The number of nitrogens with one attached hydrogen (secondary N) is 1. The van der Waals surface area contributed by atoms with Crippen molar-refractivity contribution in [2.24, 2.45) is 0 Å². The molecule has 7 nitrogen and oxygen atoms in total. The molecule has 0 radical (unpaired) electrons. The number of aryl methyl sites for hydroxylation is 1. The molecule has 1 N–H and O–H groups in total. The summed E-state index contributed by atoms with van der Waals surface area (Å²) in [7, 11) is 0. The maximum Gasteiger partial charge on any atom is 0.338 e. The van der Waals surface area contributed by atoms with Gasteiger partial charge >= 0.3 is 5.97 Å². The lowest BCUT2D eigenvalue weighted by atomic mass is 10.1. The van der Waals surface area contributed by atoms with Gasteiger partial charge in [-0.25, -0.2) is 4.79 Å². The van der Waals surface area contributed by atoms with Gasteiger partial charge < -0.3 is 10.1 Å². The van der Waals surface area contributed by atoms with Crippen LogP contribution in [0.4, 0.5) is 5.69 Å². The minimum absolute atomic E-state index is 0.103. The van der Waals surface area contributed by atoms with E-state index in [1.165, 1.54) is 23.1 Å². The monoisotopic (exact) mass is 456 g/mol. The Labute approximate surface area is 197 Å². The fourth-order valence-corrected chi connectivity index (χ4v) is 3.86. The fourth-order valence-electron chi connectivity index (χ4n) is 3.86. The Kier molecular flexibility index (Phi) is 6.82. The molecule has 3 aromatic carbocycles. The van der Waals surface area contributed by atoms with Crippen LogP contribution in [0, 0.1) is 0 Å². The summed E-state index contributed by atoms with van der Waals surface area (Å²) in [5.41, 5.74) is 3.18. The van der Waals surface area contributed by atoms with Gasteiger partial charge in [-0.05, 0) is 48.2 Å². The van der Waals surface area contributed by atoms with Crippen molar-refractivity contribution >= 4 is 29.4 Å². The number of nitrogens with zero attached hydrogens (tertiary/aromatic N) is 1. The quantitative estimate of drug-likeness (QED) is 0.410. The highest BCUT2D eigenvalue weighted by atomic mass is 16.5. The van der Waals surface area contributed by atoms with Crippen LogP contribution < -0.4 is 5.32 Å². The molecule has 0 spiro atoms. The first-order valence-electron chi connectivity index (χ1n) is 11.1. The standard InChI is InChI=1S/C27H24N2O5/c1-2-19-10-6-7-11-23(19)28-24(30)17-34-27(33)20-12-13-21-22(16-20)26(32)29(25(21)31)15-14-18-8-4-3-5-9-18/h3-13,16H,2,14-15,17H2,1H3,(H,28,30). The molecule has 0 aliphatic carbocycles. The van der Waals surface area contributed by atoms with Crippen molar-refractivity contribution in [3.63, 3.8) is 0 Å². The van der Waals surface area contributed by atoms with Crippen LogP contribution in [0.25, 0.3) is 0 Å². The van der Waals surface area contributed by atoms with E-state index in [9.17, 15) is 19.2 Å². The normalized spacial score (nSPS) is 12.4. The maximum absolute atomic E-state index is 12.8. The number of fused-ring (bicyclic) bond motifs is 1. The first-order valence-corrected chi connectivity index (χ1v) is 11.1. The van der Waals surface area contributed by atoms with Crippen LogP contribution in [0.5, 0.6) is 0 Å². The van der Waals surface area contributed by atoms with Crippen LogP contribution in [-0.2, 0) is 22.4 Å². The zero-order valence-electron chi connectivity index (χ0n) is 18.7. The Hall–Kier alpha value is -4.26. The number of para-hydroxylation sites is 1. The maximum atomic E-state index is 12.8. The van der Waals surface area contributed by atoms with E-state index < -0.39 is 24.4 Å². The van der Waals surface area contributed by atoms with Crippen LogP contribution in [0.3, 0.4) is 0 Å². The topological polar surface area (TPSA) is 92.8 Å². The molecule has 1 heterocycles. The molecule has 4 rings (SSSR count). The van der Waals surface area contributed by atoms with Gasteiger partial charge in [0.25, 0.3) is 17.7 Å². The van der Waals surface area contributed by atoms with Crippen molar-refractivity contribution in [1.82, 2.24) is 4.90 Å². The van der Waals surface area contributed by atoms with E-state index >= 15 is 0 Å². The second-order valence-corrected chi connectivity index (χ2v) is 7.89. The van der Waals surface area contributed by atoms with E-state index in [1.54, 1.807) is 6.07 Å². The van der Waals surface area contributed by atoms with E-state index in [2.05, 4.69) is 5.32 Å². The number of carbonyl (C=O) groups is 4. The second-order valence-electron chi connectivity index (χ2n) is 7.89. The highest BCUT2D eigenvalue weighted by molar-refractivity contribution is 6.22. The fraction of sp³-hybridized carbons (Fsp3) is 0.185. The van der Waals surface area contributed by atoms with Crippen molar-refractivity contribution in [3.05, 3.63) is 101 Å². The number of amides is 3. The summed E-state index contributed by atoms with van der Waals surface area (Å²) in [6, 6.07) is 21.2. The first kappa shape index (κ1) is 22.9. The van der Waals surface area contributed by atoms with Gasteiger partial charge in [-0.3, -0.25) is 19.3 Å². The lowest BCUT2D eigenvalue weighted by molar-refractivity contribution is -0.119. The summed E-state index contributed by atoms with van der Waals surface area (Å²) in [4.78, 5) is 51.4. The average molecular weight is 456 g/mol. The van der Waals surface area contributed by atoms with Gasteiger partial charge in [0.2, 0.25) is 0 Å². The van der Waals surface area contributed by atoms with Crippen LogP contribution in [-0.4, -0.2) is 41.7 Å². The summed E-state index contributed by atoms with van der Waals surface area (Å²) >= 11 is 0. The summed E-state index contributed by atoms with van der Waals surface area (Å²) in [5.74, 6) is -2.04. The number of ether oxygens (including phenoxy) is 1. The van der Waals surface area contributed by atoms with Crippen LogP contribution in [0.15, 0.2) is 72.8 Å². The second kappa shape index (κ2) is 10.1. The molecule has 0 bridgehead atoms. The highest BCUT2D eigenvalue weighted by Crippen LogP contribution is 2.25. The molecular weight excluding hydrogens is 432 g/mol. The third-order valence-electron chi connectivity index (χ3n) is 5.68. The summed E-state index contributed by atoms with van der Waals surface area (Å²) in [6.45, 7) is 1.76. The number of rotatable bonds is 8. The lowest BCUT2D eigenvalue weighted by Crippen LogP contribution is -2.31. The first-order chi connectivity index (χ1) is 16.5. The van der Waals surface area contributed by atoms with Crippen LogP contribution in [0.1, 0.15) is 49.1 Å². The van der Waals surface area contributed by atoms with Crippen molar-refractivity contribution in [2.75, 3.05) is 18.5 Å². The van der Waals surface area contributed by atoms with E-state index in [4.69, 9.17) is 4.74 Å². The third kappa shape index (κ3) is 4.88. The van der Waals surface area contributed by atoms with Crippen molar-refractivity contribution in [3.8, 4) is 0 Å². The Morgan fingerprint density at radius 1 is 0.882 bits per heavy atom. The Balaban J connectivity index is 1.38. The predicted molar refractivity (Wildman–Crippen MR) is 127 cm³/mol. The molecule has 0 saturated heterocycles. The Morgan fingerprint density at radius 3 is 2.35 bits per heavy atom. The van der Waals surface area contributed by atoms with E-state index in [-0.39, 0.29) is 29.1 Å². The van der Waals surface area contributed by atoms with Crippen molar-refractivity contribution in [1.29, 1.82) is 0 Å². The summed E-state index contributed by atoms with van der Waals surface area (Å²) in [6.07, 6.45) is 1.29. The lowest BCUT2D eigenvalue weighted by Gasteiger charge is -2.13. The van der Waals surface area contributed by atoms with Crippen molar-refractivity contribution in [2.45, 2.75) is 19.8 Å². The molecule has 172 valence electrons. The molecule has 7 heteroatoms. The molecule has 3 aromatic rings. The van der Waals surface area contributed by atoms with Gasteiger partial charge in [0.05, 0.1) is 16.7 Å². The Bertz CT molecular complexity index is 1250. The smallest absolute Gasteiger partial charge is 0.338 e.